The largest absolute Gasteiger partial charge is 0.497 e. The van der Waals surface area contributed by atoms with Gasteiger partial charge in [-0.05, 0) is 81.9 Å². The second-order valence-corrected chi connectivity index (χ2v) is 8.18. The SMILES string of the molecule is COc1ccc(-c2noc(CCCC(=O)NCCCCN3CCC(C)CC3)n2)cc1. The fourth-order valence-electron chi connectivity index (χ4n) is 3.68. The van der Waals surface area contributed by atoms with E-state index in [1.54, 1.807) is 7.11 Å². The number of ether oxygens (including phenoxy) is 1. The number of aromatic nitrogens is 2. The first-order valence-corrected chi connectivity index (χ1v) is 11.1. The molecule has 164 valence electrons. The quantitative estimate of drug-likeness (QED) is 0.565. The molecule has 1 aromatic heterocycles. The highest BCUT2D eigenvalue weighted by atomic mass is 16.5. The monoisotopic (exact) mass is 414 g/mol. The minimum atomic E-state index is 0.0942. The van der Waals surface area contributed by atoms with Crippen molar-refractivity contribution >= 4 is 5.91 Å². The number of nitrogens with zero attached hydrogens (tertiary/aromatic N) is 3. The summed E-state index contributed by atoms with van der Waals surface area (Å²) in [7, 11) is 1.63. The summed E-state index contributed by atoms with van der Waals surface area (Å²) in [5, 5.41) is 7.04. The van der Waals surface area contributed by atoms with Gasteiger partial charge >= 0.3 is 0 Å². The van der Waals surface area contributed by atoms with Gasteiger partial charge in [-0.25, -0.2) is 0 Å². The summed E-state index contributed by atoms with van der Waals surface area (Å²) in [6.45, 7) is 6.69. The summed E-state index contributed by atoms with van der Waals surface area (Å²) in [5.41, 5.74) is 0.877. The zero-order chi connectivity index (χ0) is 21.2. The van der Waals surface area contributed by atoms with Crippen molar-refractivity contribution in [3.8, 4) is 17.1 Å². The number of likely N-dealkylation sites (tertiary alicyclic amines) is 1. The maximum Gasteiger partial charge on any atom is 0.226 e. The number of unbranched alkanes of at least 4 members (excludes halogenated alkanes) is 1. The molecule has 0 saturated carbocycles. The van der Waals surface area contributed by atoms with Crippen LogP contribution in [-0.2, 0) is 11.2 Å². The van der Waals surface area contributed by atoms with E-state index >= 15 is 0 Å². The molecule has 7 nitrogen and oxygen atoms in total. The molecule has 1 fully saturated rings. The second kappa shape index (κ2) is 11.7. The lowest BCUT2D eigenvalue weighted by Gasteiger charge is -2.30. The van der Waals surface area contributed by atoms with Crippen molar-refractivity contribution in [3.63, 3.8) is 0 Å². The van der Waals surface area contributed by atoms with E-state index < -0.39 is 0 Å². The molecule has 2 aromatic rings. The van der Waals surface area contributed by atoms with E-state index in [1.165, 1.54) is 25.9 Å². The Balaban J connectivity index is 1.26. The van der Waals surface area contributed by atoms with Crippen molar-refractivity contribution in [2.45, 2.75) is 51.9 Å². The molecule has 1 saturated heterocycles. The van der Waals surface area contributed by atoms with Crippen LogP contribution in [0.25, 0.3) is 11.4 Å². The van der Waals surface area contributed by atoms with Gasteiger partial charge in [0, 0.05) is 24.9 Å². The first kappa shape index (κ1) is 22.3. The smallest absolute Gasteiger partial charge is 0.226 e. The first-order chi connectivity index (χ1) is 14.6. The third-order valence-electron chi connectivity index (χ3n) is 5.71. The van der Waals surface area contributed by atoms with Gasteiger partial charge in [-0.15, -0.1) is 0 Å². The Kier molecular flexibility index (Phi) is 8.68. The average Bonchev–Trinajstić information content (AvgIpc) is 3.24. The van der Waals surface area contributed by atoms with Crippen LogP contribution in [0.4, 0.5) is 0 Å². The Bertz CT molecular complexity index is 767. The maximum absolute atomic E-state index is 12.0. The molecule has 0 bridgehead atoms. The molecule has 3 rings (SSSR count). The molecule has 0 spiro atoms. The van der Waals surface area contributed by atoms with Gasteiger partial charge in [0.05, 0.1) is 7.11 Å². The van der Waals surface area contributed by atoms with Crippen LogP contribution in [0.15, 0.2) is 28.8 Å². The molecule has 0 aliphatic carbocycles. The standard InChI is InChI=1S/C23H34N4O3/c1-18-12-16-27(17-13-18)15-4-3-14-24-21(28)6-5-7-22-25-23(26-30-22)19-8-10-20(29-2)11-9-19/h8-11,18H,3-7,12-17H2,1-2H3,(H,24,28). The van der Waals surface area contributed by atoms with Gasteiger partial charge in [0.15, 0.2) is 0 Å². The van der Waals surface area contributed by atoms with Gasteiger partial charge in [-0.1, -0.05) is 12.1 Å². The van der Waals surface area contributed by atoms with Crippen molar-refractivity contribution in [1.29, 1.82) is 0 Å². The number of carbonyl (C=O) groups excluding carboxylic acids is 1. The fourth-order valence-corrected chi connectivity index (χ4v) is 3.68. The second-order valence-electron chi connectivity index (χ2n) is 8.18. The molecule has 1 aromatic carbocycles. The third-order valence-corrected chi connectivity index (χ3v) is 5.71. The number of hydrogen-bond donors (Lipinski definition) is 1. The van der Waals surface area contributed by atoms with Crippen molar-refractivity contribution in [2.24, 2.45) is 5.92 Å². The number of nitrogens with one attached hydrogen (secondary N) is 1. The molecule has 1 amide bonds. The number of aryl methyl sites for hydroxylation is 1. The van der Waals surface area contributed by atoms with Crippen LogP contribution in [0.1, 0.15) is 51.3 Å². The molecular formula is C23H34N4O3. The normalized spacial score (nSPS) is 15.3. The summed E-state index contributed by atoms with van der Waals surface area (Å²) in [4.78, 5) is 19.0. The summed E-state index contributed by atoms with van der Waals surface area (Å²) in [6, 6.07) is 7.52. The van der Waals surface area contributed by atoms with Gasteiger partial charge in [0.1, 0.15) is 5.75 Å². The van der Waals surface area contributed by atoms with E-state index in [9.17, 15) is 4.79 Å². The molecule has 7 heteroatoms. The topological polar surface area (TPSA) is 80.5 Å². The summed E-state index contributed by atoms with van der Waals surface area (Å²) < 4.78 is 10.5. The Morgan fingerprint density at radius 1 is 1.20 bits per heavy atom. The maximum atomic E-state index is 12.0. The Hall–Kier alpha value is -2.41. The van der Waals surface area contributed by atoms with Crippen LogP contribution in [0.3, 0.4) is 0 Å². The lowest BCUT2D eigenvalue weighted by Crippen LogP contribution is -2.34. The average molecular weight is 415 g/mol. The molecule has 1 N–H and O–H groups in total. The van der Waals surface area contributed by atoms with E-state index in [2.05, 4.69) is 27.3 Å². The Labute approximate surface area is 179 Å². The number of amides is 1. The molecule has 1 aliphatic heterocycles. The Morgan fingerprint density at radius 3 is 2.70 bits per heavy atom. The van der Waals surface area contributed by atoms with E-state index in [0.717, 1.165) is 43.2 Å². The summed E-state index contributed by atoms with van der Waals surface area (Å²) >= 11 is 0. The van der Waals surface area contributed by atoms with Crippen LogP contribution in [0, 0.1) is 5.92 Å². The number of piperidine rings is 1. The highest BCUT2D eigenvalue weighted by molar-refractivity contribution is 5.75. The number of methoxy groups -OCH3 is 1. The van der Waals surface area contributed by atoms with Crippen LogP contribution in [-0.4, -0.2) is 54.2 Å². The lowest BCUT2D eigenvalue weighted by atomic mass is 9.99. The molecule has 1 aliphatic rings. The van der Waals surface area contributed by atoms with Crippen molar-refractivity contribution in [3.05, 3.63) is 30.2 Å². The molecular weight excluding hydrogens is 380 g/mol. The number of hydrogen-bond acceptors (Lipinski definition) is 6. The summed E-state index contributed by atoms with van der Waals surface area (Å²) in [5.74, 6) is 2.87. The van der Waals surface area contributed by atoms with Gasteiger partial charge in [0.25, 0.3) is 0 Å². The zero-order valence-corrected chi connectivity index (χ0v) is 18.2. The Morgan fingerprint density at radius 2 is 1.97 bits per heavy atom. The molecule has 2 heterocycles. The highest BCUT2D eigenvalue weighted by Gasteiger charge is 2.14. The number of rotatable bonds is 11. The highest BCUT2D eigenvalue weighted by Crippen LogP contribution is 2.20. The van der Waals surface area contributed by atoms with Crippen LogP contribution in [0.2, 0.25) is 0 Å². The lowest BCUT2D eigenvalue weighted by molar-refractivity contribution is -0.121. The predicted molar refractivity (Wildman–Crippen MR) is 116 cm³/mol. The van der Waals surface area contributed by atoms with E-state index in [1.807, 2.05) is 24.3 Å². The predicted octanol–water partition coefficient (Wildman–Crippen LogP) is 3.70. The van der Waals surface area contributed by atoms with E-state index in [4.69, 9.17) is 9.26 Å². The first-order valence-electron chi connectivity index (χ1n) is 11.1. The van der Waals surface area contributed by atoms with Crippen LogP contribution >= 0.6 is 0 Å². The molecule has 30 heavy (non-hydrogen) atoms. The third kappa shape index (κ3) is 7.13. The zero-order valence-electron chi connectivity index (χ0n) is 18.2. The van der Waals surface area contributed by atoms with Gasteiger partial charge in [-0.2, -0.15) is 4.98 Å². The fraction of sp³-hybridized carbons (Fsp3) is 0.609. The molecule has 0 atom stereocenters. The molecule has 0 radical (unpaired) electrons. The van der Waals surface area contributed by atoms with Crippen molar-refractivity contribution < 1.29 is 14.1 Å². The molecule has 0 unspecified atom stereocenters. The van der Waals surface area contributed by atoms with Crippen LogP contribution in [0.5, 0.6) is 5.75 Å². The van der Waals surface area contributed by atoms with E-state index in [-0.39, 0.29) is 5.91 Å². The van der Waals surface area contributed by atoms with Crippen molar-refractivity contribution in [1.82, 2.24) is 20.4 Å². The summed E-state index contributed by atoms with van der Waals surface area (Å²) in [6.07, 6.45) is 6.59. The minimum Gasteiger partial charge on any atom is -0.497 e. The number of carbonyl (C=O) groups is 1. The van der Waals surface area contributed by atoms with E-state index in [0.29, 0.717) is 31.0 Å². The van der Waals surface area contributed by atoms with Gasteiger partial charge < -0.3 is 19.5 Å². The van der Waals surface area contributed by atoms with Gasteiger partial charge in [0.2, 0.25) is 17.6 Å². The van der Waals surface area contributed by atoms with Gasteiger partial charge in [-0.3, -0.25) is 4.79 Å². The van der Waals surface area contributed by atoms with Crippen LogP contribution < -0.4 is 10.1 Å². The number of benzene rings is 1. The van der Waals surface area contributed by atoms with Crippen molar-refractivity contribution in [2.75, 3.05) is 33.3 Å². The minimum absolute atomic E-state index is 0.0942.